The number of rotatable bonds is 10. The summed E-state index contributed by atoms with van der Waals surface area (Å²) in [6.07, 6.45) is -17.5. The van der Waals surface area contributed by atoms with Gasteiger partial charge in [-0.25, -0.2) is 17.6 Å². The van der Waals surface area contributed by atoms with Crippen molar-refractivity contribution in [3.63, 3.8) is 0 Å². The number of benzene rings is 2. The molecule has 0 amide bonds. The first-order valence-electron chi connectivity index (χ1n) is 15.9. The second kappa shape index (κ2) is 13.6. The highest BCUT2D eigenvalue weighted by atomic mass is 19.4. The molecule has 5 rings (SSSR count). The van der Waals surface area contributed by atoms with Gasteiger partial charge in [-0.1, -0.05) is 13.0 Å². The van der Waals surface area contributed by atoms with Crippen molar-refractivity contribution < 1.29 is 76.4 Å². The fourth-order valence-corrected chi connectivity index (χ4v) is 8.26. The molecule has 0 spiro atoms. The molecule has 2 saturated carbocycles. The molecule has 0 saturated heterocycles. The highest BCUT2D eigenvalue weighted by Gasteiger charge is 2.85. The van der Waals surface area contributed by atoms with Crippen molar-refractivity contribution in [2.24, 2.45) is 17.3 Å². The van der Waals surface area contributed by atoms with Crippen LogP contribution >= 0.6 is 0 Å². The van der Waals surface area contributed by atoms with Crippen LogP contribution in [0.3, 0.4) is 0 Å². The maximum atomic E-state index is 14.4. The Morgan fingerprint density at radius 1 is 0.780 bits per heavy atom. The third kappa shape index (κ3) is 6.43. The minimum Gasteiger partial charge on any atom is -0.489 e. The Bertz CT molecular complexity index is 1490. The summed E-state index contributed by atoms with van der Waals surface area (Å²) in [5.74, 6) is -6.11. The van der Waals surface area contributed by atoms with Crippen LogP contribution in [0, 0.1) is 40.5 Å². The lowest BCUT2D eigenvalue weighted by atomic mass is 9.55. The monoisotopic (exact) mass is 740 g/mol. The van der Waals surface area contributed by atoms with Crippen LogP contribution in [0.1, 0.15) is 73.6 Å². The number of aryl methyl sites for hydroxylation is 1. The Balaban J connectivity index is 1.20. The van der Waals surface area contributed by atoms with Crippen LogP contribution in [0.15, 0.2) is 18.2 Å². The molecule has 0 unspecified atom stereocenters. The summed E-state index contributed by atoms with van der Waals surface area (Å²) in [6, 6.07) is 5.09. The molecular formula is C33H33F13O4. The van der Waals surface area contributed by atoms with Crippen molar-refractivity contribution in [1.29, 1.82) is 0 Å². The minimum atomic E-state index is -6.79. The number of aliphatic hydroxyl groups is 1. The van der Waals surface area contributed by atoms with E-state index in [2.05, 4.69) is 4.74 Å². The molecule has 280 valence electrons. The second-order valence-corrected chi connectivity index (χ2v) is 13.3. The zero-order chi connectivity index (χ0) is 37.0. The van der Waals surface area contributed by atoms with Gasteiger partial charge in [0.05, 0.1) is 30.4 Å². The normalized spacial score (nSPS) is 25.7. The number of fused-ring (bicyclic) bond motifs is 5. The molecule has 0 heterocycles. The van der Waals surface area contributed by atoms with Gasteiger partial charge >= 0.3 is 24.1 Å². The lowest BCUT2D eigenvalue weighted by molar-refractivity contribution is -0.457. The van der Waals surface area contributed by atoms with Crippen LogP contribution in [0.5, 0.6) is 5.75 Å². The summed E-state index contributed by atoms with van der Waals surface area (Å²) < 4.78 is 190. The SMILES string of the molecule is C[C@]12CC[C@@H]3c4ccc(OCc5c(F)c(F)c(CO)c(F)c5F)cc4CC[C@H]3[C@@H]1CC[C@@H]2OCCCOC(C(F)(F)F)(C(F)(F)F)C(F)(F)F. The number of aliphatic hydroxyl groups excluding tert-OH is 1. The van der Waals surface area contributed by atoms with E-state index in [-0.39, 0.29) is 23.5 Å². The maximum Gasteiger partial charge on any atom is 0.435 e. The van der Waals surface area contributed by atoms with Crippen LogP contribution in [0.2, 0.25) is 0 Å². The predicted octanol–water partition coefficient (Wildman–Crippen LogP) is 9.39. The molecule has 3 aliphatic rings. The van der Waals surface area contributed by atoms with Gasteiger partial charge < -0.3 is 19.3 Å². The number of alkyl halides is 9. The molecular weight excluding hydrogens is 707 g/mol. The van der Waals surface area contributed by atoms with Crippen molar-refractivity contribution in [2.75, 3.05) is 13.2 Å². The standard InChI is InChI=1S/C33H33F13O4/c1-29-10-9-19-18-6-4-17(49-15-22-27(36)25(34)21(14-47)26(35)28(22)37)13-16(18)3-5-20(19)23(29)7-8-24(29)48-11-2-12-50-30(31(38,39)40,32(41,42)43)33(44,45)46/h4,6,13,19-20,23-24,47H,2-3,5,7-12,14-15H2,1H3/t19-,20-,23+,24+,29+/m1/s1. The third-order valence-corrected chi connectivity index (χ3v) is 10.7. The van der Waals surface area contributed by atoms with Gasteiger partial charge in [-0.3, -0.25) is 0 Å². The smallest absolute Gasteiger partial charge is 0.435 e. The van der Waals surface area contributed by atoms with Crippen molar-refractivity contribution in [3.8, 4) is 5.75 Å². The van der Waals surface area contributed by atoms with E-state index >= 15 is 0 Å². The van der Waals surface area contributed by atoms with E-state index in [1.807, 2.05) is 13.0 Å². The summed E-state index contributed by atoms with van der Waals surface area (Å²) in [5.41, 5.74) is -6.87. The van der Waals surface area contributed by atoms with E-state index < -0.39 is 103 Å². The van der Waals surface area contributed by atoms with Crippen molar-refractivity contribution in [2.45, 2.75) is 101 Å². The van der Waals surface area contributed by atoms with E-state index in [4.69, 9.17) is 14.6 Å². The number of halogens is 13. The van der Waals surface area contributed by atoms with Crippen molar-refractivity contribution in [1.82, 2.24) is 0 Å². The van der Waals surface area contributed by atoms with Crippen LogP contribution in [0.25, 0.3) is 0 Å². The largest absolute Gasteiger partial charge is 0.489 e. The van der Waals surface area contributed by atoms with Crippen LogP contribution in [-0.2, 0) is 29.1 Å². The van der Waals surface area contributed by atoms with E-state index in [0.29, 0.717) is 32.1 Å². The van der Waals surface area contributed by atoms with E-state index in [0.717, 1.165) is 17.5 Å². The molecule has 0 bridgehead atoms. The molecule has 2 aromatic carbocycles. The van der Waals surface area contributed by atoms with Crippen LogP contribution in [0.4, 0.5) is 57.1 Å². The molecule has 17 heteroatoms. The summed E-state index contributed by atoms with van der Waals surface area (Å²) in [6.45, 7) is -1.96. The molecule has 0 radical (unpaired) electrons. The average Bonchev–Trinajstić information content (AvgIpc) is 3.35. The first-order chi connectivity index (χ1) is 23.2. The zero-order valence-corrected chi connectivity index (χ0v) is 26.4. The maximum absolute atomic E-state index is 14.4. The van der Waals surface area contributed by atoms with Crippen molar-refractivity contribution in [3.05, 3.63) is 63.7 Å². The number of ether oxygens (including phenoxy) is 3. The van der Waals surface area contributed by atoms with Gasteiger partial charge in [0.1, 0.15) is 12.4 Å². The van der Waals surface area contributed by atoms with E-state index in [1.54, 1.807) is 12.1 Å². The number of hydrogen-bond donors (Lipinski definition) is 1. The Kier molecular flexibility index (Phi) is 10.5. The Labute approximate surface area is 277 Å². The Hall–Kier alpha value is -2.79. The van der Waals surface area contributed by atoms with Gasteiger partial charge in [-0.15, -0.1) is 0 Å². The molecule has 5 atom stereocenters. The lowest BCUT2D eigenvalue weighted by Crippen LogP contribution is -2.67. The van der Waals surface area contributed by atoms with Gasteiger partial charge in [0.2, 0.25) is 0 Å². The zero-order valence-electron chi connectivity index (χ0n) is 26.4. The molecule has 1 N–H and O–H groups in total. The fourth-order valence-electron chi connectivity index (χ4n) is 8.26. The molecule has 0 aromatic heterocycles. The van der Waals surface area contributed by atoms with Gasteiger partial charge in [-0.05, 0) is 91.4 Å². The van der Waals surface area contributed by atoms with E-state index in [1.165, 1.54) is 0 Å². The molecule has 2 fully saturated rings. The Morgan fingerprint density at radius 2 is 1.38 bits per heavy atom. The second-order valence-electron chi connectivity index (χ2n) is 13.3. The summed E-state index contributed by atoms with van der Waals surface area (Å²) in [5, 5.41) is 9.01. The quantitative estimate of drug-likeness (QED) is 0.150. The number of hydrogen-bond acceptors (Lipinski definition) is 4. The van der Waals surface area contributed by atoms with Crippen molar-refractivity contribution >= 4 is 0 Å². The summed E-state index contributed by atoms with van der Waals surface area (Å²) in [7, 11) is 0. The Morgan fingerprint density at radius 3 is 1.96 bits per heavy atom. The topological polar surface area (TPSA) is 47.9 Å². The molecule has 0 aliphatic heterocycles. The first-order valence-corrected chi connectivity index (χ1v) is 15.9. The average molecular weight is 741 g/mol. The van der Waals surface area contributed by atoms with Gasteiger partial charge in [0.25, 0.3) is 0 Å². The molecule has 2 aromatic rings. The van der Waals surface area contributed by atoms with Gasteiger partial charge in [0.15, 0.2) is 23.3 Å². The molecule has 4 nitrogen and oxygen atoms in total. The fraction of sp³-hybridized carbons (Fsp3) is 0.636. The van der Waals surface area contributed by atoms with E-state index in [9.17, 15) is 57.1 Å². The van der Waals surface area contributed by atoms with Gasteiger partial charge in [-0.2, -0.15) is 39.5 Å². The van der Waals surface area contributed by atoms with Gasteiger partial charge in [0, 0.05) is 6.61 Å². The van der Waals surface area contributed by atoms with Crippen LogP contribution < -0.4 is 4.74 Å². The summed E-state index contributed by atoms with van der Waals surface area (Å²) >= 11 is 0. The predicted molar refractivity (Wildman–Crippen MR) is 149 cm³/mol. The highest BCUT2D eigenvalue weighted by molar-refractivity contribution is 5.41. The van der Waals surface area contributed by atoms with Crippen LogP contribution in [-0.4, -0.2) is 48.6 Å². The molecule has 50 heavy (non-hydrogen) atoms. The third-order valence-electron chi connectivity index (χ3n) is 10.7. The summed E-state index contributed by atoms with van der Waals surface area (Å²) in [4.78, 5) is 0. The first kappa shape index (κ1) is 38.4. The lowest BCUT2D eigenvalue weighted by Gasteiger charge is -2.50. The minimum absolute atomic E-state index is 0.113. The molecule has 3 aliphatic carbocycles. The highest BCUT2D eigenvalue weighted by Crippen LogP contribution is 2.62.